The van der Waals surface area contributed by atoms with Crippen LogP contribution in [-0.4, -0.2) is 24.6 Å². The fourth-order valence-electron chi connectivity index (χ4n) is 4.16. The Morgan fingerprint density at radius 3 is 2.63 bits per heavy atom. The number of hydrogen-bond donors (Lipinski definition) is 1. The number of pyridine rings is 2. The van der Waals surface area contributed by atoms with Gasteiger partial charge in [0.15, 0.2) is 5.82 Å². The van der Waals surface area contributed by atoms with Crippen molar-refractivity contribution in [2.75, 3.05) is 5.32 Å². The Hall–Kier alpha value is -3.28. The van der Waals surface area contributed by atoms with Crippen molar-refractivity contribution >= 4 is 17.2 Å². The maximum absolute atomic E-state index is 4.65. The lowest BCUT2D eigenvalue weighted by molar-refractivity contribution is 0.314. The largest absolute Gasteiger partial charge is 0.323 e. The number of aromatic nitrogens is 5. The Balaban J connectivity index is 1.47. The van der Waals surface area contributed by atoms with Crippen LogP contribution in [0.15, 0.2) is 42.7 Å². The number of fused-ring (bicyclic) bond motifs is 1. The van der Waals surface area contributed by atoms with Crippen molar-refractivity contribution < 1.29 is 0 Å². The van der Waals surface area contributed by atoms with E-state index in [0.717, 1.165) is 46.7 Å². The molecule has 0 aromatic carbocycles. The first-order chi connectivity index (χ1) is 14.5. The molecule has 152 valence electrons. The second-order valence-electron chi connectivity index (χ2n) is 8.37. The van der Waals surface area contributed by atoms with Gasteiger partial charge >= 0.3 is 0 Å². The van der Waals surface area contributed by atoms with Crippen molar-refractivity contribution in [1.29, 1.82) is 0 Å². The topological polar surface area (TPSA) is 68.0 Å². The van der Waals surface area contributed by atoms with Crippen LogP contribution < -0.4 is 5.32 Å². The highest BCUT2D eigenvalue weighted by atomic mass is 15.3. The van der Waals surface area contributed by atoms with Gasteiger partial charge in [0.2, 0.25) is 0 Å². The molecule has 0 atom stereocenters. The normalized spacial score (nSPS) is 14.1. The molecule has 1 fully saturated rings. The summed E-state index contributed by atoms with van der Waals surface area (Å²) >= 11 is 0. The van der Waals surface area contributed by atoms with Gasteiger partial charge in [-0.3, -0.25) is 4.98 Å². The number of anilines is 2. The van der Waals surface area contributed by atoms with E-state index in [4.69, 9.17) is 0 Å². The van der Waals surface area contributed by atoms with Gasteiger partial charge in [0.1, 0.15) is 11.6 Å². The van der Waals surface area contributed by atoms with Gasteiger partial charge in [0.05, 0.1) is 5.52 Å². The van der Waals surface area contributed by atoms with Gasteiger partial charge in [-0.2, -0.15) is 5.10 Å². The van der Waals surface area contributed by atoms with Crippen LogP contribution in [0.2, 0.25) is 0 Å². The summed E-state index contributed by atoms with van der Waals surface area (Å²) in [6.07, 6.45) is 9.25. The van der Waals surface area contributed by atoms with E-state index >= 15 is 0 Å². The molecule has 1 aliphatic carbocycles. The van der Waals surface area contributed by atoms with E-state index in [0.29, 0.717) is 0 Å². The minimum Gasteiger partial charge on any atom is -0.323 e. The monoisotopic (exact) mass is 398 g/mol. The van der Waals surface area contributed by atoms with Crippen molar-refractivity contribution in [1.82, 2.24) is 24.6 Å². The van der Waals surface area contributed by atoms with Crippen LogP contribution in [0.4, 0.5) is 11.6 Å². The second kappa shape index (κ2) is 7.52. The van der Waals surface area contributed by atoms with Crippen LogP contribution in [-0.2, 0) is 6.42 Å². The molecule has 4 heterocycles. The van der Waals surface area contributed by atoms with Gasteiger partial charge in [-0.25, -0.2) is 14.5 Å². The molecule has 6 heteroatoms. The van der Waals surface area contributed by atoms with Crippen LogP contribution in [0.3, 0.4) is 0 Å². The van der Waals surface area contributed by atoms with Crippen molar-refractivity contribution in [3.05, 3.63) is 65.5 Å². The molecular formula is C24H26N6. The number of nitrogens with zero attached hydrogens (tertiary/aromatic N) is 5. The number of rotatable bonds is 5. The zero-order valence-electron chi connectivity index (χ0n) is 17.7. The third-order valence-corrected chi connectivity index (χ3v) is 5.85. The number of nitrogens with one attached hydrogen (secondary N) is 1. The molecule has 0 unspecified atom stereocenters. The summed E-state index contributed by atoms with van der Waals surface area (Å²) in [5.41, 5.74) is 6.87. The van der Waals surface area contributed by atoms with Gasteiger partial charge in [0.25, 0.3) is 0 Å². The molecule has 4 aromatic rings. The van der Waals surface area contributed by atoms with Gasteiger partial charge < -0.3 is 5.32 Å². The summed E-state index contributed by atoms with van der Waals surface area (Å²) in [4.78, 5) is 13.3. The first kappa shape index (κ1) is 18.7. The molecule has 30 heavy (non-hydrogen) atoms. The lowest BCUT2D eigenvalue weighted by Gasteiger charge is -2.26. The van der Waals surface area contributed by atoms with Crippen LogP contribution >= 0.6 is 0 Å². The van der Waals surface area contributed by atoms with Crippen molar-refractivity contribution in [3.8, 4) is 11.1 Å². The Morgan fingerprint density at radius 1 is 1.00 bits per heavy atom. The van der Waals surface area contributed by atoms with E-state index < -0.39 is 0 Å². The Bertz CT molecular complexity index is 1200. The zero-order valence-corrected chi connectivity index (χ0v) is 17.7. The fourth-order valence-corrected chi connectivity index (χ4v) is 4.16. The predicted molar refractivity (Wildman–Crippen MR) is 119 cm³/mol. The molecular weight excluding hydrogens is 372 g/mol. The Morgan fingerprint density at radius 2 is 1.87 bits per heavy atom. The highest BCUT2D eigenvalue weighted by molar-refractivity contribution is 5.73. The maximum atomic E-state index is 4.65. The second-order valence-corrected chi connectivity index (χ2v) is 8.37. The third-order valence-electron chi connectivity index (χ3n) is 5.85. The van der Waals surface area contributed by atoms with Gasteiger partial charge in [-0.05, 0) is 68.0 Å². The smallest absolute Gasteiger partial charge is 0.154 e. The SMILES string of the molecule is Cc1cc(-c2ccn3nc(Nc4cc(C)nc(C)n4)cc3c2)c(CC2CCC2)cn1. The lowest BCUT2D eigenvalue weighted by Crippen LogP contribution is -2.14. The zero-order chi connectivity index (χ0) is 20.7. The minimum absolute atomic E-state index is 0.746. The van der Waals surface area contributed by atoms with Crippen molar-refractivity contribution in [2.45, 2.75) is 46.5 Å². The number of hydrogen-bond acceptors (Lipinski definition) is 5. The Kier molecular flexibility index (Phi) is 4.69. The van der Waals surface area contributed by atoms with Crippen LogP contribution in [0, 0.1) is 26.7 Å². The molecule has 5 rings (SSSR count). The minimum atomic E-state index is 0.746. The van der Waals surface area contributed by atoms with E-state index in [9.17, 15) is 0 Å². The molecule has 0 aliphatic heterocycles. The van der Waals surface area contributed by atoms with Gasteiger partial charge in [-0.1, -0.05) is 19.3 Å². The highest BCUT2D eigenvalue weighted by Crippen LogP contribution is 2.34. The summed E-state index contributed by atoms with van der Waals surface area (Å²) in [6.45, 7) is 5.92. The maximum Gasteiger partial charge on any atom is 0.154 e. The van der Waals surface area contributed by atoms with E-state index in [1.807, 2.05) is 30.6 Å². The summed E-state index contributed by atoms with van der Waals surface area (Å²) in [7, 11) is 0. The van der Waals surface area contributed by atoms with Crippen LogP contribution in [0.1, 0.15) is 42.0 Å². The van der Waals surface area contributed by atoms with Gasteiger partial charge in [0, 0.05) is 35.9 Å². The molecule has 1 N–H and O–H groups in total. The summed E-state index contributed by atoms with van der Waals surface area (Å²) < 4.78 is 1.90. The molecule has 1 aliphatic rings. The quantitative estimate of drug-likeness (QED) is 0.500. The Labute approximate surface area is 176 Å². The van der Waals surface area contributed by atoms with E-state index in [1.54, 1.807) is 0 Å². The average Bonchev–Trinajstić information content (AvgIpc) is 3.06. The van der Waals surface area contributed by atoms with Crippen LogP contribution in [0.25, 0.3) is 16.6 Å². The van der Waals surface area contributed by atoms with Crippen LogP contribution in [0.5, 0.6) is 0 Å². The summed E-state index contributed by atoms with van der Waals surface area (Å²) in [5, 5.41) is 7.95. The van der Waals surface area contributed by atoms with E-state index in [2.05, 4.69) is 62.8 Å². The molecule has 6 nitrogen and oxygen atoms in total. The summed E-state index contributed by atoms with van der Waals surface area (Å²) in [5.74, 6) is 3.08. The van der Waals surface area contributed by atoms with Crippen molar-refractivity contribution in [2.24, 2.45) is 5.92 Å². The van der Waals surface area contributed by atoms with Crippen molar-refractivity contribution in [3.63, 3.8) is 0 Å². The molecule has 0 radical (unpaired) electrons. The number of aryl methyl sites for hydroxylation is 3. The fraction of sp³-hybridized carbons (Fsp3) is 0.333. The first-order valence-electron chi connectivity index (χ1n) is 10.6. The highest BCUT2D eigenvalue weighted by Gasteiger charge is 2.20. The molecule has 0 bridgehead atoms. The third kappa shape index (κ3) is 3.77. The van der Waals surface area contributed by atoms with Gasteiger partial charge in [-0.15, -0.1) is 0 Å². The van der Waals surface area contributed by atoms with E-state index in [1.165, 1.54) is 36.0 Å². The average molecular weight is 399 g/mol. The molecule has 4 aromatic heterocycles. The lowest BCUT2D eigenvalue weighted by atomic mass is 9.80. The molecule has 0 spiro atoms. The first-order valence-corrected chi connectivity index (χ1v) is 10.6. The molecule has 0 saturated heterocycles. The van der Waals surface area contributed by atoms with E-state index in [-0.39, 0.29) is 0 Å². The molecule has 1 saturated carbocycles. The predicted octanol–water partition coefficient (Wildman–Crippen LogP) is 5.20. The standard InChI is InChI=1S/C24H26N6/c1-15-9-22(20(14-25-15)11-18-5-4-6-18)19-7-8-30-21(12-19)13-24(29-30)28-23-10-16(2)26-17(3)27-23/h7-10,12-14,18H,4-6,11H2,1-3H3,(H,26,27,28,29). The molecule has 0 amide bonds. The summed E-state index contributed by atoms with van der Waals surface area (Å²) in [6, 6.07) is 10.5.